The average molecular weight is 330 g/mol. The Hall–Kier alpha value is -2.31. The zero-order chi connectivity index (χ0) is 16.9. The summed E-state index contributed by atoms with van der Waals surface area (Å²) in [6, 6.07) is 4.34. The largest absolute Gasteiger partial charge is 0.353 e. The third-order valence-electron chi connectivity index (χ3n) is 4.73. The Balaban J connectivity index is 1.59. The first-order valence-corrected chi connectivity index (χ1v) is 8.73. The number of nitrogens with one attached hydrogen (secondary N) is 1. The van der Waals surface area contributed by atoms with E-state index in [2.05, 4.69) is 33.1 Å². The van der Waals surface area contributed by atoms with Crippen molar-refractivity contribution in [3.63, 3.8) is 0 Å². The van der Waals surface area contributed by atoms with Gasteiger partial charge in [0.25, 0.3) is 0 Å². The van der Waals surface area contributed by atoms with Gasteiger partial charge in [-0.25, -0.2) is 4.79 Å². The first kappa shape index (κ1) is 16.5. The number of rotatable bonds is 5. The van der Waals surface area contributed by atoms with Crippen molar-refractivity contribution in [1.29, 1.82) is 0 Å². The fraction of sp³-hybridized carbons (Fsp3) is 0.588. The molecule has 2 amide bonds. The molecule has 1 aliphatic heterocycles. The Morgan fingerprint density at radius 3 is 3.04 bits per heavy atom. The quantitative estimate of drug-likeness (QED) is 0.913. The predicted molar refractivity (Wildman–Crippen MR) is 91.5 cm³/mol. The van der Waals surface area contributed by atoms with Gasteiger partial charge in [-0.3, -0.25) is 0 Å². The van der Waals surface area contributed by atoms with Crippen LogP contribution in [0.3, 0.4) is 0 Å². The summed E-state index contributed by atoms with van der Waals surface area (Å²) in [5, 5.41) is 11.0. The van der Waals surface area contributed by atoms with Crippen molar-refractivity contribution in [3.8, 4) is 0 Å². The van der Waals surface area contributed by atoms with Gasteiger partial charge in [0, 0.05) is 45.0 Å². The number of aryl methyl sites for hydroxylation is 2. The maximum absolute atomic E-state index is 12.7. The monoisotopic (exact) mass is 330 g/mol. The van der Waals surface area contributed by atoms with E-state index in [0.717, 1.165) is 31.6 Å². The van der Waals surface area contributed by atoms with E-state index in [9.17, 15) is 4.79 Å². The summed E-state index contributed by atoms with van der Waals surface area (Å²) in [6.07, 6.45) is 7.86. The predicted octanol–water partition coefficient (Wildman–Crippen LogP) is 2.12. The van der Waals surface area contributed by atoms with Crippen LogP contribution >= 0.6 is 0 Å². The summed E-state index contributed by atoms with van der Waals surface area (Å²) < 4.78 is 4.10. The SMILES string of the molecule is CCc1nncn1CCNC(=O)N1CCCC[C@H]1c1cccn1C. The molecule has 130 valence electrons. The number of hydrogen-bond donors (Lipinski definition) is 1. The second-order valence-electron chi connectivity index (χ2n) is 6.27. The minimum absolute atomic E-state index is 0.0204. The molecule has 0 unspecified atom stereocenters. The van der Waals surface area contributed by atoms with E-state index in [1.165, 1.54) is 12.1 Å². The van der Waals surface area contributed by atoms with Crippen LogP contribution in [0.1, 0.15) is 43.7 Å². The lowest BCUT2D eigenvalue weighted by Gasteiger charge is -2.36. The standard InChI is InChI=1S/C17H26N6O/c1-3-16-20-19-13-22(16)12-9-18-17(24)23-11-5-4-7-15(23)14-8-6-10-21(14)2/h6,8,10,13,15H,3-5,7,9,11-12H2,1-2H3,(H,18,24)/t15-/m0/s1. The smallest absolute Gasteiger partial charge is 0.318 e. The molecule has 0 aromatic carbocycles. The van der Waals surface area contributed by atoms with Gasteiger partial charge in [-0.15, -0.1) is 10.2 Å². The first-order chi connectivity index (χ1) is 11.7. The molecular weight excluding hydrogens is 304 g/mol. The van der Waals surface area contributed by atoms with Gasteiger partial charge in [0.2, 0.25) is 0 Å². The number of amides is 2. The second kappa shape index (κ2) is 7.51. The van der Waals surface area contributed by atoms with Crippen LogP contribution in [0.25, 0.3) is 0 Å². The highest BCUT2D eigenvalue weighted by Crippen LogP contribution is 2.30. The Bertz CT molecular complexity index is 676. The molecule has 0 spiro atoms. The summed E-state index contributed by atoms with van der Waals surface area (Å²) in [5.74, 6) is 0.948. The molecule has 1 aliphatic rings. The molecule has 1 fully saturated rings. The molecule has 24 heavy (non-hydrogen) atoms. The number of carbonyl (C=O) groups is 1. The molecule has 1 saturated heterocycles. The van der Waals surface area contributed by atoms with Gasteiger partial charge >= 0.3 is 6.03 Å². The molecule has 1 atom stereocenters. The van der Waals surface area contributed by atoms with Crippen LogP contribution in [-0.4, -0.2) is 43.4 Å². The van der Waals surface area contributed by atoms with E-state index in [0.29, 0.717) is 13.1 Å². The molecular formula is C17H26N6O. The summed E-state index contributed by atoms with van der Waals surface area (Å²) in [4.78, 5) is 14.6. The Labute approximate surface area is 142 Å². The van der Waals surface area contributed by atoms with Crippen LogP contribution in [0.2, 0.25) is 0 Å². The molecule has 3 heterocycles. The van der Waals surface area contributed by atoms with Crippen molar-refractivity contribution in [1.82, 2.24) is 29.5 Å². The number of carbonyl (C=O) groups excluding carboxylic acids is 1. The number of likely N-dealkylation sites (tertiary alicyclic amines) is 1. The summed E-state index contributed by atoms with van der Waals surface area (Å²) >= 11 is 0. The van der Waals surface area contributed by atoms with Crippen molar-refractivity contribution in [2.45, 2.75) is 45.2 Å². The van der Waals surface area contributed by atoms with E-state index < -0.39 is 0 Å². The lowest BCUT2D eigenvalue weighted by molar-refractivity contribution is 0.148. The summed E-state index contributed by atoms with van der Waals surface area (Å²) in [7, 11) is 2.04. The third kappa shape index (κ3) is 3.44. The molecule has 0 radical (unpaired) electrons. The van der Waals surface area contributed by atoms with E-state index in [1.807, 2.05) is 28.8 Å². The fourth-order valence-electron chi connectivity index (χ4n) is 3.43. The van der Waals surface area contributed by atoms with Crippen LogP contribution in [0.15, 0.2) is 24.7 Å². The van der Waals surface area contributed by atoms with Gasteiger partial charge < -0.3 is 19.4 Å². The topological polar surface area (TPSA) is 68.0 Å². The van der Waals surface area contributed by atoms with Crippen molar-refractivity contribution >= 4 is 6.03 Å². The minimum Gasteiger partial charge on any atom is -0.353 e. The number of urea groups is 1. The van der Waals surface area contributed by atoms with Gasteiger partial charge in [0.15, 0.2) is 0 Å². The lowest BCUT2D eigenvalue weighted by atomic mass is 10.00. The molecule has 0 aliphatic carbocycles. The molecule has 1 N–H and O–H groups in total. The van der Waals surface area contributed by atoms with E-state index >= 15 is 0 Å². The van der Waals surface area contributed by atoms with Crippen molar-refractivity contribution in [2.75, 3.05) is 13.1 Å². The Morgan fingerprint density at radius 1 is 1.42 bits per heavy atom. The second-order valence-corrected chi connectivity index (χ2v) is 6.27. The molecule has 0 bridgehead atoms. The van der Waals surface area contributed by atoms with Gasteiger partial charge in [0.1, 0.15) is 12.2 Å². The molecule has 2 aromatic heterocycles. The first-order valence-electron chi connectivity index (χ1n) is 8.73. The van der Waals surface area contributed by atoms with Gasteiger partial charge in [-0.2, -0.15) is 0 Å². The molecule has 3 rings (SSSR count). The summed E-state index contributed by atoms with van der Waals surface area (Å²) in [6.45, 7) is 4.15. The third-order valence-corrected chi connectivity index (χ3v) is 4.73. The Kier molecular flexibility index (Phi) is 5.17. The zero-order valence-corrected chi connectivity index (χ0v) is 14.5. The molecule has 7 heteroatoms. The highest BCUT2D eigenvalue weighted by atomic mass is 16.2. The fourth-order valence-corrected chi connectivity index (χ4v) is 3.43. The summed E-state index contributed by atoms with van der Waals surface area (Å²) in [5.41, 5.74) is 1.21. The zero-order valence-electron chi connectivity index (χ0n) is 14.5. The molecule has 7 nitrogen and oxygen atoms in total. The van der Waals surface area contributed by atoms with Gasteiger partial charge in [-0.05, 0) is 31.4 Å². The number of aromatic nitrogens is 4. The van der Waals surface area contributed by atoms with Crippen LogP contribution < -0.4 is 5.32 Å². The normalized spacial score (nSPS) is 17.9. The van der Waals surface area contributed by atoms with Gasteiger partial charge in [0.05, 0.1) is 6.04 Å². The van der Waals surface area contributed by atoms with E-state index in [-0.39, 0.29) is 12.1 Å². The van der Waals surface area contributed by atoms with Crippen LogP contribution in [0.4, 0.5) is 4.79 Å². The highest BCUT2D eigenvalue weighted by molar-refractivity contribution is 5.74. The van der Waals surface area contributed by atoms with Crippen LogP contribution in [0, 0.1) is 0 Å². The number of piperidine rings is 1. The maximum atomic E-state index is 12.7. The number of hydrogen-bond acceptors (Lipinski definition) is 3. The van der Waals surface area contributed by atoms with E-state index in [4.69, 9.17) is 0 Å². The van der Waals surface area contributed by atoms with Crippen molar-refractivity contribution < 1.29 is 4.79 Å². The minimum atomic E-state index is 0.0204. The van der Waals surface area contributed by atoms with Crippen molar-refractivity contribution in [2.24, 2.45) is 7.05 Å². The lowest BCUT2D eigenvalue weighted by Crippen LogP contribution is -2.45. The van der Waals surface area contributed by atoms with E-state index in [1.54, 1.807) is 6.33 Å². The number of nitrogens with zero attached hydrogens (tertiary/aromatic N) is 5. The molecule has 0 saturated carbocycles. The Morgan fingerprint density at radius 2 is 2.29 bits per heavy atom. The highest BCUT2D eigenvalue weighted by Gasteiger charge is 2.29. The van der Waals surface area contributed by atoms with Crippen molar-refractivity contribution in [3.05, 3.63) is 36.2 Å². The maximum Gasteiger partial charge on any atom is 0.318 e. The van der Waals surface area contributed by atoms with Crippen LogP contribution in [-0.2, 0) is 20.0 Å². The van der Waals surface area contributed by atoms with Gasteiger partial charge in [-0.1, -0.05) is 6.92 Å². The van der Waals surface area contributed by atoms with Crippen LogP contribution in [0.5, 0.6) is 0 Å². The average Bonchev–Trinajstić information content (AvgIpc) is 3.23. The molecule has 2 aromatic rings.